The third-order valence-corrected chi connectivity index (χ3v) is 7.26. The minimum absolute atomic E-state index is 0.198. The number of methoxy groups -OCH3 is 1. The summed E-state index contributed by atoms with van der Waals surface area (Å²) in [5, 5.41) is 6.76. The van der Waals surface area contributed by atoms with E-state index >= 15 is 0 Å². The quantitative estimate of drug-likeness (QED) is 0.394. The molecule has 2 aliphatic rings. The highest BCUT2D eigenvalue weighted by Gasteiger charge is 2.56. The Hall–Kier alpha value is -3.69. The van der Waals surface area contributed by atoms with Crippen LogP contribution in [-0.4, -0.2) is 68.2 Å². The second-order valence-electron chi connectivity index (χ2n) is 9.72. The second kappa shape index (κ2) is 11.4. The molecule has 38 heavy (non-hydrogen) atoms. The zero-order chi connectivity index (χ0) is 26.5. The summed E-state index contributed by atoms with van der Waals surface area (Å²) in [6.45, 7) is 6.54. The van der Waals surface area contributed by atoms with Crippen LogP contribution in [0.3, 0.4) is 0 Å². The predicted molar refractivity (Wildman–Crippen MR) is 145 cm³/mol. The van der Waals surface area contributed by atoms with Crippen molar-refractivity contribution in [3.8, 4) is 17.2 Å². The molecule has 1 aliphatic heterocycles. The Kier molecular flexibility index (Phi) is 7.76. The van der Waals surface area contributed by atoms with Crippen molar-refractivity contribution in [1.82, 2.24) is 15.2 Å². The van der Waals surface area contributed by atoms with Crippen LogP contribution < -0.4 is 20.1 Å². The molecule has 2 aromatic carbocycles. The maximum atomic E-state index is 13.0. The standard InChI is InChI=1S/C29H34N4O5/c1-3-20-18-23-24(19-26(20)36-2)30-11-8-25(23)38-22-6-4-21(5-7-22)32-28(35)29(9-10-29)27(34)31-12-13-33-14-16-37-17-15-33/h4-8,11,18-19H,3,9-10,12-17H2,1-2H3,(H,31,34)(H,32,35). The summed E-state index contributed by atoms with van der Waals surface area (Å²) < 4.78 is 17.0. The number of nitrogens with one attached hydrogen (secondary N) is 2. The zero-order valence-corrected chi connectivity index (χ0v) is 21.9. The fourth-order valence-corrected chi connectivity index (χ4v) is 4.74. The number of fused-ring (bicyclic) bond motifs is 1. The van der Waals surface area contributed by atoms with E-state index in [2.05, 4.69) is 27.4 Å². The van der Waals surface area contributed by atoms with Crippen LogP contribution in [0.1, 0.15) is 25.3 Å². The van der Waals surface area contributed by atoms with Gasteiger partial charge in [-0.25, -0.2) is 0 Å². The molecule has 9 heteroatoms. The van der Waals surface area contributed by atoms with Gasteiger partial charge in [-0.2, -0.15) is 0 Å². The number of ether oxygens (including phenoxy) is 3. The summed E-state index contributed by atoms with van der Waals surface area (Å²) >= 11 is 0. The van der Waals surface area contributed by atoms with Crippen LogP contribution in [-0.2, 0) is 20.7 Å². The first-order valence-electron chi connectivity index (χ1n) is 13.2. The van der Waals surface area contributed by atoms with E-state index in [-0.39, 0.29) is 11.8 Å². The van der Waals surface area contributed by atoms with Gasteiger partial charge in [-0.3, -0.25) is 19.5 Å². The van der Waals surface area contributed by atoms with Crippen LogP contribution in [0.15, 0.2) is 48.7 Å². The molecule has 2 amide bonds. The van der Waals surface area contributed by atoms with Crippen LogP contribution in [0.25, 0.3) is 10.9 Å². The zero-order valence-electron chi connectivity index (χ0n) is 21.9. The highest BCUT2D eigenvalue weighted by molar-refractivity contribution is 6.13. The number of amides is 2. The Labute approximate surface area is 222 Å². The number of aromatic nitrogens is 1. The number of anilines is 1. The maximum Gasteiger partial charge on any atom is 0.240 e. The minimum atomic E-state index is -0.978. The Morgan fingerprint density at radius 3 is 2.50 bits per heavy atom. The van der Waals surface area contributed by atoms with Gasteiger partial charge < -0.3 is 24.8 Å². The fraction of sp³-hybridized carbons (Fsp3) is 0.414. The number of pyridine rings is 1. The van der Waals surface area contributed by atoms with Crippen LogP contribution in [0.5, 0.6) is 17.2 Å². The van der Waals surface area contributed by atoms with E-state index in [0.29, 0.717) is 36.6 Å². The lowest BCUT2D eigenvalue weighted by molar-refractivity contribution is -0.134. The van der Waals surface area contributed by atoms with Crippen molar-refractivity contribution in [2.45, 2.75) is 26.2 Å². The smallest absolute Gasteiger partial charge is 0.240 e. The van der Waals surface area contributed by atoms with Crippen molar-refractivity contribution in [3.63, 3.8) is 0 Å². The number of rotatable bonds is 10. The average molecular weight is 519 g/mol. The summed E-state index contributed by atoms with van der Waals surface area (Å²) in [6.07, 6.45) is 3.65. The number of aryl methyl sites for hydroxylation is 1. The number of benzene rings is 2. The number of carbonyl (C=O) groups is 2. The lowest BCUT2D eigenvalue weighted by atomic mass is 10.0. The summed E-state index contributed by atoms with van der Waals surface area (Å²) in [5.74, 6) is 1.66. The highest BCUT2D eigenvalue weighted by atomic mass is 16.5. The van der Waals surface area contributed by atoms with Crippen LogP contribution in [0, 0.1) is 5.41 Å². The molecule has 0 bridgehead atoms. The van der Waals surface area contributed by atoms with Gasteiger partial charge in [0.2, 0.25) is 11.8 Å². The van der Waals surface area contributed by atoms with Gasteiger partial charge in [0.25, 0.3) is 0 Å². The Morgan fingerprint density at radius 1 is 1.05 bits per heavy atom. The van der Waals surface area contributed by atoms with E-state index < -0.39 is 5.41 Å². The van der Waals surface area contributed by atoms with Gasteiger partial charge in [0.05, 0.1) is 25.8 Å². The third-order valence-electron chi connectivity index (χ3n) is 7.26. The monoisotopic (exact) mass is 518 g/mol. The van der Waals surface area contributed by atoms with Gasteiger partial charge in [0.15, 0.2) is 0 Å². The van der Waals surface area contributed by atoms with Crippen molar-refractivity contribution in [1.29, 1.82) is 0 Å². The molecule has 2 fully saturated rings. The fourth-order valence-electron chi connectivity index (χ4n) is 4.74. The molecule has 0 atom stereocenters. The van der Waals surface area contributed by atoms with E-state index in [1.807, 2.05) is 18.2 Å². The van der Waals surface area contributed by atoms with Crippen molar-refractivity contribution in [2.75, 3.05) is 51.8 Å². The summed E-state index contributed by atoms with van der Waals surface area (Å²) in [4.78, 5) is 32.5. The Balaban J connectivity index is 1.19. The summed E-state index contributed by atoms with van der Waals surface area (Å²) in [5.41, 5.74) is 1.51. The molecule has 5 rings (SSSR count). The van der Waals surface area contributed by atoms with Crippen molar-refractivity contribution in [3.05, 3.63) is 54.2 Å². The van der Waals surface area contributed by atoms with Crippen molar-refractivity contribution >= 4 is 28.4 Å². The largest absolute Gasteiger partial charge is 0.496 e. The van der Waals surface area contributed by atoms with Gasteiger partial charge in [0, 0.05) is 49.5 Å². The van der Waals surface area contributed by atoms with Crippen LogP contribution >= 0.6 is 0 Å². The second-order valence-corrected chi connectivity index (χ2v) is 9.72. The van der Waals surface area contributed by atoms with E-state index in [1.54, 1.807) is 37.6 Å². The van der Waals surface area contributed by atoms with Gasteiger partial charge in [-0.1, -0.05) is 6.92 Å². The Bertz CT molecular complexity index is 1300. The van der Waals surface area contributed by atoms with Gasteiger partial charge >= 0.3 is 0 Å². The van der Waals surface area contributed by atoms with E-state index in [0.717, 1.165) is 61.5 Å². The lowest BCUT2D eigenvalue weighted by Gasteiger charge is -2.26. The third kappa shape index (κ3) is 5.58. The van der Waals surface area contributed by atoms with Crippen molar-refractivity contribution < 1.29 is 23.8 Å². The average Bonchev–Trinajstić information content (AvgIpc) is 3.76. The molecule has 1 saturated carbocycles. The van der Waals surface area contributed by atoms with Gasteiger partial charge in [0.1, 0.15) is 22.7 Å². The molecule has 3 aromatic rings. The minimum Gasteiger partial charge on any atom is -0.496 e. The number of hydrogen-bond donors (Lipinski definition) is 2. The molecule has 2 N–H and O–H groups in total. The molecule has 9 nitrogen and oxygen atoms in total. The molecule has 200 valence electrons. The first kappa shape index (κ1) is 25.9. The van der Waals surface area contributed by atoms with Crippen LogP contribution in [0.4, 0.5) is 5.69 Å². The number of carbonyl (C=O) groups excluding carboxylic acids is 2. The normalized spacial score (nSPS) is 16.6. The Morgan fingerprint density at radius 2 is 1.82 bits per heavy atom. The first-order chi connectivity index (χ1) is 18.5. The van der Waals surface area contributed by atoms with Crippen LogP contribution in [0.2, 0.25) is 0 Å². The first-order valence-corrected chi connectivity index (χ1v) is 13.2. The van der Waals surface area contributed by atoms with Gasteiger partial charge in [-0.15, -0.1) is 0 Å². The molecule has 0 unspecified atom stereocenters. The summed E-state index contributed by atoms with van der Waals surface area (Å²) in [7, 11) is 1.66. The molecule has 1 aliphatic carbocycles. The summed E-state index contributed by atoms with van der Waals surface area (Å²) in [6, 6.07) is 13.0. The number of morpholine rings is 1. The van der Waals surface area contributed by atoms with E-state index in [4.69, 9.17) is 14.2 Å². The molecule has 1 saturated heterocycles. The lowest BCUT2D eigenvalue weighted by Crippen LogP contribution is -2.45. The molecule has 2 heterocycles. The predicted octanol–water partition coefficient (Wildman–Crippen LogP) is 3.77. The maximum absolute atomic E-state index is 13.0. The molecule has 1 aromatic heterocycles. The number of hydrogen-bond acceptors (Lipinski definition) is 7. The molecule has 0 spiro atoms. The van der Waals surface area contributed by atoms with E-state index in [1.165, 1.54) is 0 Å². The highest BCUT2D eigenvalue weighted by Crippen LogP contribution is 2.47. The SMILES string of the molecule is CCc1cc2c(Oc3ccc(NC(=O)C4(C(=O)NCCN5CCOCC5)CC4)cc3)ccnc2cc1OC. The topological polar surface area (TPSA) is 102 Å². The van der Waals surface area contributed by atoms with Gasteiger partial charge in [-0.05, 0) is 61.2 Å². The molecule has 0 radical (unpaired) electrons. The van der Waals surface area contributed by atoms with Crippen molar-refractivity contribution in [2.24, 2.45) is 5.41 Å². The van der Waals surface area contributed by atoms with E-state index in [9.17, 15) is 9.59 Å². The number of nitrogens with zero attached hydrogens (tertiary/aromatic N) is 2. The molecular weight excluding hydrogens is 484 g/mol. The molecular formula is C29H34N4O5.